The average Bonchev–Trinajstić information content (AvgIpc) is 3.23. The third-order valence-corrected chi connectivity index (χ3v) is 5.97. The van der Waals surface area contributed by atoms with Gasteiger partial charge in [-0.05, 0) is 54.4 Å². The van der Waals surface area contributed by atoms with E-state index in [2.05, 4.69) is 87.5 Å². The molecule has 0 aliphatic carbocycles. The lowest BCUT2D eigenvalue weighted by Gasteiger charge is -2.20. The van der Waals surface area contributed by atoms with Crippen molar-refractivity contribution in [2.24, 2.45) is 11.8 Å². The van der Waals surface area contributed by atoms with E-state index in [1.165, 1.54) is 28.1 Å². The zero-order chi connectivity index (χ0) is 19.6. The molecular formula is C26H33N. The van der Waals surface area contributed by atoms with Gasteiger partial charge < -0.3 is 4.57 Å². The molecule has 2 heterocycles. The number of allylic oxidation sites excluding steroid dienone is 2. The normalized spacial score (nSPS) is 17.0. The molecule has 2 atom stereocenters. The fourth-order valence-corrected chi connectivity index (χ4v) is 4.25. The van der Waals surface area contributed by atoms with Crippen LogP contribution in [0.2, 0.25) is 0 Å². The van der Waals surface area contributed by atoms with Gasteiger partial charge in [0.25, 0.3) is 0 Å². The molecule has 0 fully saturated rings. The van der Waals surface area contributed by atoms with Gasteiger partial charge in [-0.25, -0.2) is 0 Å². The van der Waals surface area contributed by atoms with E-state index in [1.807, 2.05) is 0 Å². The van der Waals surface area contributed by atoms with E-state index in [9.17, 15) is 0 Å². The van der Waals surface area contributed by atoms with Crippen LogP contribution in [-0.2, 0) is 6.54 Å². The highest BCUT2D eigenvalue weighted by Crippen LogP contribution is 2.40. The van der Waals surface area contributed by atoms with Crippen LogP contribution >= 0.6 is 0 Å². The Morgan fingerprint density at radius 1 is 1.00 bits per heavy atom. The van der Waals surface area contributed by atoms with Crippen molar-refractivity contribution in [1.82, 2.24) is 4.57 Å². The van der Waals surface area contributed by atoms with Crippen molar-refractivity contribution in [3.63, 3.8) is 0 Å². The van der Waals surface area contributed by atoms with Crippen molar-refractivity contribution in [3.8, 4) is 0 Å². The Bertz CT molecular complexity index is 834. The largest absolute Gasteiger partial charge is 0.344 e. The van der Waals surface area contributed by atoms with Crippen molar-refractivity contribution in [1.29, 1.82) is 0 Å². The highest BCUT2D eigenvalue weighted by atomic mass is 15.0. The van der Waals surface area contributed by atoms with Crippen molar-refractivity contribution in [3.05, 3.63) is 90.3 Å². The molecule has 0 radical (unpaired) electrons. The van der Waals surface area contributed by atoms with Crippen molar-refractivity contribution in [2.75, 3.05) is 0 Å². The summed E-state index contributed by atoms with van der Waals surface area (Å²) in [5, 5.41) is 0. The van der Waals surface area contributed by atoms with Crippen LogP contribution < -0.4 is 0 Å². The quantitative estimate of drug-likeness (QED) is 0.438. The molecule has 2 unspecified atom stereocenters. The maximum Gasteiger partial charge on any atom is 0.0482 e. The second-order valence-corrected chi connectivity index (χ2v) is 8.47. The van der Waals surface area contributed by atoms with Gasteiger partial charge in [0.1, 0.15) is 0 Å². The standard InChI is InChI=1S/C26H33N/c1-18(2)20(4)16-19(3)17-21(5)24-14-15-27-25(12-13-26(24)27)22(6)23-10-8-7-9-11-23/h7-13,18-19,24H,4-6,14-17H2,1-3H3. The number of hydrogen-bond acceptors (Lipinski definition) is 0. The Hall–Kier alpha value is -2.28. The zero-order valence-corrected chi connectivity index (χ0v) is 17.2. The smallest absolute Gasteiger partial charge is 0.0482 e. The van der Waals surface area contributed by atoms with Crippen molar-refractivity contribution in [2.45, 2.75) is 52.5 Å². The van der Waals surface area contributed by atoms with Crippen LogP contribution in [0.3, 0.4) is 0 Å². The van der Waals surface area contributed by atoms with Crippen molar-refractivity contribution < 1.29 is 0 Å². The van der Waals surface area contributed by atoms with Crippen LogP contribution in [-0.4, -0.2) is 4.57 Å². The van der Waals surface area contributed by atoms with Crippen LogP contribution in [0.4, 0.5) is 0 Å². The molecule has 1 aliphatic rings. The first-order chi connectivity index (χ1) is 12.9. The molecule has 27 heavy (non-hydrogen) atoms. The number of rotatable bonds is 8. The monoisotopic (exact) mass is 359 g/mol. The molecule has 0 amide bonds. The van der Waals surface area contributed by atoms with Gasteiger partial charge in [-0.2, -0.15) is 0 Å². The molecule has 1 aromatic heterocycles. The van der Waals surface area contributed by atoms with Gasteiger partial charge in [0.15, 0.2) is 0 Å². The molecule has 1 nitrogen and oxygen atoms in total. The Morgan fingerprint density at radius 3 is 2.37 bits per heavy atom. The van der Waals surface area contributed by atoms with Crippen LogP contribution in [0.15, 0.2) is 73.3 Å². The Morgan fingerprint density at radius 2 is 1.70 bits per heavy atom. The summed E-state index contributed by atoms with van der Waals surface area (Å²) in [7, 11) is 0. The van der Waals surface area contributed by atoms with E-state index in [1.54, 1.807) is 0 Å². The van der Waals surface area contributed by atoms with Gasteiger partial charge in [-0.3, -0.25) is 0 Å². The predicted molar refractivity (Wildman–Crippen MR) is 118 cm³/mol. The minimum atomic E-state index is 0.470. The summed E-state index contributed by atoms with van der Waals surface area (Å²) < 4.78 is 2.45. The summed E-state index contributed by atoms with van der Waals surface area (Å²) in [6, 6.07) is 15.0. The second kappa shape index (κ2) is 8.17. The topological polar surface area (TPSA) is 4.93 Å². The first kappa shape index (κ1) is 19.5. The van der Waals surface area contributed by atoms with E-state index in [-0.39, 0.29) is 0 Å². The lowest BCUT2D eigenvalue weighted by Crippen LogP contribution is -2.06. The number of benzene rings is 1. The van der Waals surface area contributed by atoms with Crippen LogP contribution in [0.1, 0.15) is 62.9 Å². The summed E-state index contributed by atoms with van der Waals surface area (Å²) in [5.74, 6) is 1.64. The summed E-state index contributed by atoms with van der Waals surface area (Å²) in [4.78, 5) is 0. The Labute approximate surface area is 165 Å². The third kappa shape index (κ3) is 4.18. The molecular weight excluding hydrogens is 326 g/mol. The first-order valence-corrected chi connectivity index (χ1v) is 10.2. The van der Waals surface area contributed by atoms with Gasteiger partial charge in [0, 0.05) is 23.9 Å². The molecule has 0 saturated heterocycles. The molecule has 2 aromatic rings. The first-order valence-electron chi connectivity index (χ1n) is 10.2. The highest BCUT2D eigenvalue weighted by Gasteiger charge is 2.28. The van der Waals surface area contributed by atoms with Gasteiger partial charge >= 0.3 is 0 Å². The molecule has 0 spiro atoms. The summed E-state index contributed by atoms with van der Waals surface area (Å²) >= 11 is 0. The fourth-order valence-electron chi connectivity index (χ4n) is 4.25. The second-order valence-electron chi connectivity index (χ2n) is 8.47. The molecule has 142 valence electrons. The number of fused-ring (bicyclic) bond motifs is 1. The fraction of sp³-hybridized carbons (Fsp3) is 0.385. The number of hydrogen-bond donors (Lipinski definition) is 0. The zero-order valence-electron chi connectivity index (χ0n) is 17.2. The minimum absolute atomic E-state index is 0.470. The van der Waals surface area contributed by atoms with Crippen LogP contribution in [0.25, 0.3) is 5.57 Å². The van der Waals surface area contributed by atoms with Gasteiger partial charge in [-0.15, -0.1) is 0 Å². The summed E-state index contributed by atoms with van der Waals surface area (Å²) in [6.45, 7) is 20.9. The average molecular weight is 360 g/mol. The van der Waals surface area contributed by atoms with E-state index < -0.39 is 0 Å². The number of aromatic nitrogens is 1. The molecule has 1 heteroatoms. The summed E-state index contributed by atoms with van der Waals surface area (Å²) in [6.07, 6.45) is 3.33. The molecule has 0 saturated carbocycles. The van der Waals surface area contributed by atoms with Gasteiger partial charge in [0.2, 0.25) is 0 Å². The van der Waals surface area contributed by atoms with E-state index >= 15 is 0 Å². The maximum absolute atomic E-state index is 4.47. The van der Waals surface area contributed by atoms with E-state index in [0.29, 0.717) is 17.8 Å². The van der Waals surface area contributed by atoms with Gasteiger partial charge in [-0.1, -0.05) is 82.0 Å². The van der Waals surface area contributed by atoms with Crippen LogP contribution in [0.5, 0.6) is 0 Å². The van der Waals surface area contributed by atoms with Crippen LogP contribution in [0, 0.1) is 11.8 Å². The number of nitrogens with zero attached hydrogens (tertiary/aromatic N) is 1. The highest BCUT2D eigenvalue weighted by molar-refractivity contribution is 5.77. The predicted octanol–water partition coefficient (Wildman–Crippen LogP) is 7.22. The lowest BCUT2D eigenvalue weighted by molar-refractivity contribution is 0.521. The SMILES string of the molecule is C=C(c1ccccc1)c1ccc2n1CCC2C(=C)CC(C)CC(=C)C(C)C. The molecule has 0 bridgehead atoms. The molecule has 0 N–H and O–H groups in total. The maximum atomic E-state index is 4.47. The van der Waals surface area contributed by atoms with E-state index in [4.69, 9.17) is 0 Å². The van der Waals surface area contributed by atoms with E-state index in [0.717, 1.165) is 31.4 Å². The molecule has 1 aromatic carbocycles. The minimum Gasteiger partial charge on any atom is -0.344 e. The third-order valence-electron chi connectivity index (χ3n) is 5.97. The van der Waals surface area contributed by atoms with Crippen molar-refractivity contribution >= 4 is 5.57 Å². The Balaban J connectivity index is 1.71. The molecule has 1 aliphatic heterocycles. The van der Waals surface area contributed by atoms with Gasteiger partial charge in [0.05, 0.1) is 0 Å². The Kier molecular flexibility index (Phi) is 5.89. The molecule has 3 rings (SSSR count). The lowest BCUT2D eigenvalue weighted by atomic mass is 9.85. The summed E-state index contributed by atoms with van der Waals surface area (Å²) in [5.41, 5.74) is 7.67.